The van der Waals surface area contributed by atoms with Crippen LogP contribution in [-0.4, -0.2) is 41.0 Å². The van der Waals surface area contributed by atoms with E-state index < -0.39 is 0 Å². The van der Waals surface area contributed by atoms with Crippen LogP contribution in [0.15, 0.2) is 30.6 Å². The summed E-state index contributed by atoms with van der Waals surface area (Å²) in [4.78, 5) is 13.9. The number of likely N-dealkylation sites (N-methyl/N-ethyl adjacent to an activating group) is 1. The number of hydrogen-bond donors (Lipinski definition) is 0. The zero-order chi connectivity index (χ0) is 16.5. The lowest BCUT2D eigenvalue weighted by Gasteiger charge is -2.32. The van der Waals surface area contributed by atoms with Crippen LogP contribution in [0.5, 0.6) is 0 Å². The van der Waals surface area contributed by atoms with Crippen LogP contribution in [0.1, 0.15) is 29.7 Å². The third kappa shape index (κ3) is 3.00. The van der Waals surface area contributed by atoms with Crippen LogP contribution >= 0.6 is 0 Å². The van der Waals surface area contributed by atoms with Gasteiger partial charge in [-0.05, 0) is 44.0 Å². The first kappa shape index (κ1) is 15.5. The molecule has 24 heavy (non-hydrogen) atoms. The maximum Gasteiger partial charge on any atom is 0.137 e. The lowest BCUT2D eigenvalue weighted by Crippen LogP contribution is -2.35. The molecule has 2 aliphatic heterocycles. The fourth-order valence-corrected chi connectivity index (χ4v) is 3.93. The van der Waals surface area contributed by atoms with Crippen LogP contribution in [0, 0.1) is 5.82 Å². The Morgan fingerprint density at radius 1 is 1.17 bits per heavy atom. The summed E-state index contributed by atoms with van der Waals surface area (Å²) < 4.78 is 13.1. The summed E-state index contributed by atoms with van der Waals surface area (Å²) >= 11 is 0. The monoisotopic (exact) mass is 326 g/mol. The van der Waals surface area contributed by atoms with E-state index in [0.717, 1.165) is 44.7 Å². The second-order valence-electron chi connectivity index (χ2n) is 6.93. The van der Waals surface area contributed by atoms with Crippen molar-refractivity contribution >= 4 is 5.82 Å². The summed E-state index contributed by atoms with van der Waals surface area (Å²) in [5.74, 6) is 0.936. The van der Waals surface area contributed by atoms with Gasteiger partial charge in [0.15, 0.2) is 0 Å². The van der Waals surface area contributed by atoms with E-state index in [9.17, 15) is 4.39 Å². The van der Waals surface area contributed by atoms with Gasteiger partial charge in [-0.1, -0.05) is 12.1 Å². The van der Waals surface area contributed by atoms with Gasteiger partial charge in [0, 0.05) is 37.7 Å². The number of halogens is 1. The van der Waals surface area contributed by atoms with Crippen molar-refractivity contribution < 1.29 is 4.39 Å². The topological polar surface area (TPSA) is 32.3 Å². The van der Waals surface area contributed by atoms with E-state index in [1.807, 2.05) is 12.1 Å². The quantitative estimate of drug-likeness (QED) is 0.868. The Labute approximate surface area is 142 Å². The molecule has 0 aliphatic carbocycles. The summed E-state index contributed by atoms with van der Waals surface area (Å²) in [5.41, 5.74) is 3.68. The highest BCUT2D eigenvalue weighted by Gasteiger charge is 2.30. The summed E-state index contributed by atoms with van der Waals surface area (Å²) in [6, 6.07) is 7.33. The molecule has 2 aliphatic rings. The first-order valence-corrected chi connectivity index (χ1v) is 8.73. The summed E-state index contributed by atoms with van der Waals surface area (Å²) in [5, 5.41) is 0. The van der Waals surface area contributed by atoms with Crippen molar-refractivity contribution in [2.75, 3.05) is 25.0 Å². The lowest BCUT2D eigenvalue weighted by atomic mass is 10.0. The van der Waals surface area contributed by atoms with Crippen molar-refractivity contribution in [3.63, 3.8) is 0 Å². The highest BCUT2D eigenvalue weighted by molar-refractivity contribution is 5.51. The Morgan fingerprint density at radius 2 is 2.00 bits per heavy atom. The fourth-order valence-electron chi connectivity index (χ4n) is 3.93. The van der Waals surface area contributed by atoms with E-state index in [1.165, 1.54) is 23.2 Å². The number of anilines is 1. The van der Waals surface area contributed by atoms with Gasteiger partial charge in [0.25, 0.3) is 0 Å². The van der Waals surface area contributed by atoms with Gasteiger partial charge < -0.3 is 9.80 Å². The molecule has 0 saturated carbocycles. The van der Waals surface area contributed by atoms with E-state index in [1.54, 1.807) is 18.5 Å². The van der Waals surface area contributed by atoms with Crippen molar-refractivity contribution in [3.05, 3.63) is 53.2 Å². The largest absolute Gasteiger partial charge is 0.353 e. The van der Waals surface area contributed by atoms with Gasteiger partial charge in [0.2, 0.25) is 0 Å². The standard InChI is InChI=1S/C19H23FN4/c1-23-10-8-18-17(12-23)19(22-13-21-18)24-9-2-3-16(24)11-14-4-6-15(20)7-5-14/h4-7,13,16H,2-3,8-12H2,1H3. The molecule has 1 saturated heterocycles. The third-order valence-electron chi connectivity index (χ3n) is 5.20. The van der Waals surface area contributed by atoms with Crippen LogP contribution < -0.4 is 4.90 Å². The molecule has 1 aromatic heterocycles. The molecule has 0 amide bonds. The molecule has 1 atom stereocenters. The summed E-state index contributed by atoms with van der Waals surface area (Å²) in [6.07, 6.45) is 5.99. The Kier molecular flexibility index (Phi) is 4.19. The molecule has 0 N–H and O–H groups in total. The normalized spacial score (nSPS) is 21.1. The van der Waals surface area contributed by atoms with Crippen LogP contribution in [0.2, 0.25) is 0 Å². The number of aromatic nitrogens is 2. The minimum absolute atomic E-state index is 0.171. The molecular weight excluding hydrogens is 303 g/mol. The molecule has 1 unspecified atom stereocenters. The van der Waals surface area contributed by atoms with Crippen molar-refractivity contribution in [1.29, 1.82) is 0 Å². The van der Waals surface area contributed by atoms with Crippen molar-refractivity contribution in [2.45, 2.75) is 38.3 Å². The second kappa shape index (κ2) is 6.48. The van der Waals surface area contributed by atoms with E-state index in [2.05, 4.69) is 26.8 Å². The van der Waals surface area contributed by atoms with Crippen molar-refractivity contribution in [2.24, 2.45) is 0 Å². The maximum atomic E-state index is 13.1. The van der Waals surface area contributed by atoms with Gasteiger partial charge in [-0.3, -0.25) is 0 Å². The Hall–Kier alpha value is -2.01. The average Bonchev–Trinajstić information content (AvgIpc) is 3.04. The molecule has 0 radical (unpaired) electrons. The predicted molar refractivity (Wildman–Crippen MR) is 92.5 cm³/mol. The highest BCUT2D eigenvalue weighted by atomic mass is 19.1. The van der Waals surface area contributed by atoms with E-state index in [0.29, 0.717) is 6.04 Å². The second-order valence-corrected chi connectivity index (χ2v) is 6.93. The molecule has 126 valence electrons. The summed E-state index contributed by atoms with van der Waals surface area (Å²) in [6.45, 7) is 3.02. The number of fused-ring (bicyclic) bond motifs is 1. The van der Waals surface area contributed by atoms with Crippen LogP contribution in [0.3, 0.4) is 0 Å². The number of nitrogens with zero attached hydrogens (tertiary/aromatic N) is 4. The minimum Gasteiger partial charge on any atom is -0.353 e. The zero-order valence-corrected chi connectivity index (χ0v) is 14.1. The van der Waals surface area contributed by atoms with Gasteiger partial charge in [0.05, 0.1) is 5.69 Å². The Bertz CT molecular complexity index is 716. The minimum atomic E-state index is -0.171. The number of hydrogen-bond acceptors (Lipinski definition) is 4. The zero-order valence-electron chi connectivity index (χ0n) is 14.1. The van der Waals surface area contributed by atoms with Gasteiger partial charge in [0.1, 0.15) is 18.0 Å². The number of rotatable bonds is 3. The maximum absolute atomic E-state index is 13.1. The average molecular weight is 326 g/mol. The highest BCUT2D eigenvalue weighted by Crippen LogP contribution is 2.31. The van der Waals surface area contributed by atoms with Crippen LogP contribution in [-0.2, 0) is 19.4 Å². The SMILES string of the molecule is CN1CCc2ncnc(N3CCCC3Cc3ccc(F)cc3)c2C1. The van der Waals surface area contributed by atoms with Gasteiger partial charge in [-0.2, -0.15) is 0 Å². The Balaban J connectivity index is 1.60. The van der Waals surface area contributed by atoms with Gasteiger partial charge >= 0.3 is 0 Å². The van der Waals surface area contributed by atoms with E-state index in [4.69, 9.17) is 0 Å². The number of benzene rings is 1. The smallest absolute Gasteiger partial charge is 0.137 e. The van der Waals surface area contributed by atoms with Gasteiger partial charge in [-0.25, -0.2) is 14.4 Å². The molecule has 0 spiro atoms. The molecule has 1 aromatic carbocycles. The molecule has 4 nitrogen and oxygen atoms in total. The van der Waals surface area contributed by atoms with Gasteiger partial charge in [-0.15, -0.1) is 0 Å². The van der Waals surface area contributed by atoms with Crippen molar-refractivity contribution in [3.8, 4) is 0 Å². The van der Waals surface area contributed by atoms with Crippen LogP contribution in [0.25, 0.3) is 0 Å². The van der Waals surface area contributed by atoms with Crippen molar-refractivity contribution in [1.82, 2.24) is 14.9 Å². The Morgan fingerprint density at radius 3 is 2.83 bits per heavy atom. The fraction of sp³-hybridized carbons (Fsp3) is 0.474. The van der Waals surface area contributed by atoms with E-state index >= 15 is 0 Å². The molecule has 0 bridgehead atoms. The van der Waals surface area contributed by atoms with Crippen LogP contribution in [0.4, 0.5) is 10.2 Å². The summed E-state index contributed by atoms with van der Waals surface area (Å²) in [7, 11) is 2.15. The lowest BCUT2D eigenvalue weighted by molar-refractivity contribution is 0.309. The molecule has 5 heteroatoms. The molecular formula is C19H23FN4. The van der Waals surface area contributed by atoms with E-state index in [-0.39, 0.29) is 5.82 Å². The third-order valence-corrected chi connectivity index (χ3v) is 5.20. The molecule has 1 fully saturated rings. The first-order chi connectivity index (χ1) is 11.7. The predicted octanol–water partition coefficient (Wildman–Crippen LogP) is 2.82. The first-order valence-electron chi connectivity index (χ1n) is 8.73. The molecule has 4 rings (SSSR count). The molecule has 3 heterocycles. The molecule has 2 aromatic rings.